The number of thiazole rings is 1. The minimum absolute atomic E-state index is 0. The van der Waals surface area contributed by atoms with Gasteiger partial charge in [0.15, 0.2) is 27.1 Å². The van der Waals surface area contributed by atoms with E-state index in [0.717, 1.165) is 29.5 Å². The van der Waals surface area contributed by atoms with Crippen LogP contribution in [0.15, 0.2) is 32.8 Å². The van der Waals surface area contributed by atoms with Crippen molar-refractivity contribution in [1.82, 2.24) is 4.48 Å². The van der Waals surface area contributed by atoms with Crippen molar-refractivity contribution in [2.24, 2.45) is 0 Å². The van der Waals surface area contributed by atoms with Gasteiger partial charge in [0.05, 0.1) is 34.1 Å². The van der Waals surface area contributed by atoms with Gasteiger partial charge in [0.1, 0.15) is 4.70 Å². The summed E-state index contributed by atoms with van der Waals surface area (Å²) in [6.45, 7) is 0.906. The summed E-state index contributed by atoms with van der Waals surface area (Å²) in [6.07, 6.45) is 2.44. The molecule has 5 heterocycles. The van der Waals surface area contributed by atoms with E-state index in [9.17, 15) is 25.9 Å². The Labute approximate surface area is 244 Å². The van der Waals surface area contributed by atoms with Crippen molar-refractivity contribution < 1.29 is 81.9 Å². The van der Waals surface area contributed by atoms with Crippen LogP contribution in [0.3, 0.4) is 0 Å². The van der Waals surface area contributed by atoms with E-state index >= 15 is 0 Å². The van der Waals surface area contributed by atoms with Crippen molar-refractivity contribution in [2.45, 2.75) is 29.7 Å². The summed E-state index contributed by atoms with van der Waals surface area (Å²) in [5.74, 6) is -0.443. The summed E-state index contributed by atoms with van der Waals surface area (Å²) in [6, 6.07) is 3.92. The molecule has 2 atom stereocenters. The number of hydrogen-bond donors (Lipinski definition) is 0. The van der Waals surface area contributed by atoms with Crippen LogP contribution >= 0.6 is 45.8 Å². The van der Waals surface area contributed by atoms with Crippen LogP contribution in [-0.2, 0) is 26.8 Å². The van der Waals surface area contributed by atoms with Gasteiger partial charge in [-0.3, -0.25) is 0 Å². The minimum atomic E-state index is -4.49. The number of thioether (sulfide) groups is 1. The quantitative estimate of drug-likeness (QED) is 0.175. The zero-order chi connectivity index (χ0) is 22.0. The van der Waals surface area contributed by atoms with Crippen molar-refractivity contribution in [3.8, 4) is 0 Å². The summed E-state index contributed by atoms with van der Waals surface area (Å²) in [5.41, 5.74) is 0. The van der Waals surface area contributed by atoms with Crippen LogP contribution in [0.4, 0.5) is 5.00 Å². The summed E-state index contributed by atoms with van der Waals surface area (Å²) < 4.78 is 72.2. The molecule has 1 spiro atoms. The number of rotatable bonds is 6. The van der Waals surface area contributed by atoms with Crippen molar-refractivity contribution >= 4 is 86.6 Å². The number of quaternary nitrogens is 1. The Morgan fingerprint density at radius 3 is 2.56 bits per heavy atom. The summed E-state index contributed by atoms with van der Waals surface area (Å²) in [4.78, 5) is 1.94. The van der Waals surface area contributed by atoms with Gasteiger partial charge in [-0.05, 0) is 34.7 Å². The molecule has 5 rings (SSSR count). The first kappa shape index (κ1) is 25.9. The van der Waals surface area contributed by atoms with Crippen LogP contribution in [-0.4, -0.2) is 43.6 Å². The van der Waals surface area contributed by atoms with Gasteiger partial charge in [-0.25, -0.2) is 21.3 Å². The first-order chi connectivity index (χ1) is 14.6. The Morgan fingerprint density at radius 1 is 1.16 bits per heavy atom. The third-order valence-electron chi connectivity index (χ3n) is 5.49. The molecule has 1 fully saturated rings. The van der Waals surface area contributed by atoms with Gasteiger partial charge in [0.25, 0.3) is 9.84 Å². The number of thiophene rings is 2. The van der Waals surface area contributed by atoms with Crippen LogP contribution in [0.5, 0.6) is 0 Å². The number of hydrogen-bond acceptors (Lipinski definition) is 10. The van der Waals surface area contributed by atoms with Gasteiger partial charge in [-0.1, -0.05) is 34.0 Å². The molecule has 3 aromatic rings. The van der Waals surface area contributed by atoms with E-state index in [1.54, 1.807) is 0 Å². The zero-order valence-electron chi connectivity index (χ0n) is 16.8. The molecule has 0 radical (unpaired) electrons. The maximum atomic E-state index is 12.0. The first-order valence-corrected chi connectivity index (χ1v) is 15.7. The summed E-state index contributed by atoms with van der Waals surface area (Å²) in [5, 5.41) is 5.34. The van der Waals surface area contributed by atoms with Gasteiger partial charge < -0.3 is 9.11 Å². The molecular formula is C17H16KN2O6S6+. The number of fused-ring (bicyclic) bond motifs is 3. The second-order valence-electron chi connectivity index (χ2n) is 7.30. The SMILES string of the molecule is O=S(=O)([O-])CCC[n+]1c(C=C2Sc3ccsc3[N+]23CCC3S(=O)(=O)[O-])sc2ccsc21.[K+]. The smallest absolute Gasteiger partial charge is 0.748 e. The topological polar surface area (TPSA) is 118 Å². The van der Waals surface area contributed by atoms with E-state index in [1.165, 1.54) is 45.8 Å². The van der Waals surface area contributed by atoms with E-state index < -0.39 is 31.4 Å². The van der Waals surface area contributed by atoms with Gasteiger partial charge in [-0.2, -0.15) is 4.57 Å². The molecule has 3 aromatic heterocycles. The van der Waals surface area contributed by atoms with Crippen molar-refractivity contribution in [2.75, 3.05) is 12.3 Å². The predicted molar refractivity (Wildman–Crippen MR) is 122 cm³/mol. The Kier molecular flexibility index (Phi) is 7.56. The number of nitrogens with zero attached hydrogens (tertiary/aromatic N) is 2. The summed E-state index contributed by atoms with van der Waals surface area (Å²) >= 11 is 5.99. The van der Waals surface area contributed by atoms with Crippen molar-refractivity contribution in [3.63, 3.8) is 0 Å². The Hall–Kier alpha value is 0.796. The van der Waals surface area contributed by atoms with Crippen molar-refractivity contribution in [3.05, 3.63) is 32.9 Å². The molecule has 2 unspecified atom stereocenters. The molecule has 2 aliphatic rings. The first-order valence-electron chi connectivity index (χ1n) is 9.24. The second kappa shape index (κ2) is 9.35. The third kappa shape index (κ3) is 4.52. The van der Waals surface area contributed by atoms with Crippen LogP contribution in [0.2, 0.25) is 0 Å². The monoisotopic (exact) mass is 575 g/mol. The van der Waals surface area contributed by atoms with Crippen LogP contribution in [0, 0.1) is 0 Å². The van der Waals surface area contributed by atoms with Crippen LogP contribution in [0.25, 0.3) is 15.6 Å². The molecule has 8 nitrogen and oxygen atoms in total. The standard InChI is InChI=1S/C17H16N2O6S6.K/c20-30(21,22)9-1-5-18-13(28-11-3-7-26-16(11)18)10-14-19(6-2-15(19)31(23,24)25)17-12(29-14)4-8-27-17;/h3-4,7-8,10,15H,1-2,5-6,9H2;/q;+1. The van der Waals surface area contributed by atoms with Crippen LogP contribution in [0.1, 0.15) is 17.8 Å². The maximum Gasteiger partial charge on any atom is 1.00 e. The number of aromatic nitrogens is 1. The van der Waals surface area contributed by atoms with E-state index in [2.05, 4.69) is 0 Å². The average Bonchev–Trinajstić information content (AvgIpc) is 3.33. The molecule has 0 aliphatic carbocycles. The fraction of sp³-hybridized carbons (Fsp3) is 0.353. The number of aryl methyl sites for hydroxylation is 1. The normalized spacial score (nSPS) is 24.1. The third-order valence-corrected chi connectivity index (χ3v) is 12.1. The average molecular weight is 576 g/mol. The molecule has 0 saturated carbocycles. The van der Waals surface area contributed by atoms with E-state index in [0.29, 0.717) is 19.5 Å². The van der Waals surface area contributed by atoms with Crippen molar-refractivity contribution in [1.29, 1.82) is 0 Å². The molecule has 0 aromatic carbocycles. The van der Waals surface area contributed by atoms with Crippen LogP contribution < -0.4 is 60.4 Å². The summed E-state index contributed by atoms with van der Waals surface area (Å²) in [7, 11) is -8.78. The molecule has 32 heavy (non-hydrogen) atoms. The van der Waals surface area contributed by atoms with Gasteiger partial charge in [-0.15, -0.1) is 0 Å². The van der Waals surface area contributed by atoms with Gasteiger partial charge in [0.2, 0.25) is 5.00 Å². The maximum absolute atomic E-state index is 12.0. The molecule has 166 valence electrons. The molecule has 2 aliphatic heterocycles. The van der Waals surface area contributed by atoms with E-state index in [4.69, 9.17) is 0 Å². The van der Waals surface area contributed by atoms with Gasteiger partial charge >= 0.3 is 51.4 Å². The van der Waals surface area contributed by atoms with Gasteiger partial charge in [0, 0.05) is 12.2 Å². The minimum Gasteiger partial charge on any atom is -0.748 e. The molecule has 1 saturated heterocycles. The fourth-order valence-electron chi connectivity index (χ4n) is 4.09. The second-order valence-corrected chi connectivity index (χ2v) is 14.3. The predicted octanol–water partition coefficient (Wildman–Crippen LogP) is -0.0623. The molecule has 0 N–H and O–H groups in total. The molecule has 0 amide bonds. The van der Waals surface area contributed by atoms with E-state index in [-0.39, 0.29) is 62.3 Å². The zero-order valence-corrected chi connectivity index (χ0v) is 24.8. The Balaban J connectivity index is 0.00000245. The Morgan fingerprint density at radius 2 is 1.91 bits per heavy atom. The fourth-order valence-corrected chi connectivity index (χ4v) is 10.9. The largest absolute Gasteiger partial charge is 1.00 e. The molecule has 0 bridgehead atoms. The Bertz CT molecular complexity index is 1420. The molecular weight excluding hydrogens is 560 g/mol. The van der Waals surface area contributed by atoms with E-state index in [1.807, 2.05) is 33.5 Å². The molecule has 15 heteroatoms.